The van der Waals surface area contributed by atoms with E-state index in [-0.39, 0.29) is 10.6 Å². The molecule has 18 heavy (non-hydrogen) atoms. The lowest BCUT2D eigenvalue weighted by atomic mass is 10.3. The van der Waals surface area contributed by atoms with Gasteiger partial charge >= 0.3 is 0 Å². The summed E-state index contributed by atoms with van der Waals surface area (Å²) >= 11 is 3.68. The van der Waals surface area contributed by atoms with E-state index in [1.165, 1.54) is 24.3 Å². The lowest BCUT2D eigenvalue weighted by Gasteiger charge is -2.21. The first kappa shape index (κ1) is 14.0. The summed E-state index contributed by atoms with van der Waals surface area (Å²) in [5, 5.41) is 9.48. The van der Waals surface area contributed by atoms with E-state index in [0.29, 0.717) is 11.8 Å². The van der Waals surface area contributed by atoms with Crippen molar-refractivity contribution in [1.29, 1.82) is 0 Å². The van der Waals surface area contributed by atoms with Crippen LogP contribution in [0.15, 0.2) is 29.2 Å². The van der Waals surface area contributed by atoms with Crippen molar-refractivity contribution >= 4 is 33.5 Å². The number of thioether (sulfide) groups is 2. The summed E-state index contributed by atoms with van der Waals surface area (Å²) in [4.78, 5) is 0.189. The highest BCUT2D eigenvalue weighted by molar-refractivity contribution is 8.06. The number of sulfonamides is 1. The van der Waals surface area contributed by atoms with E-state index in [0.717, 1.165) is 17.3 Å². The van der Waals surface area contributed by atoms with Gasteiger partial charge in [0.15, 0.2) is 0 Å². The second kappa shape index (κ2) is 6.18. The molecule has 2 N–H and O–H groups in total. The maximum absolute atomic E-state index is 12.0. The summed E-state index contributed by atoms with van der Waals surface area (Å²) in [7, 11) is -3.46. The maximum Gasteiger partial charge on any atom is 0.240 e. The van der Waals surface area contributed by atoms with Crippen molar-refractivity contribution in [3.05, 3.63) is 24.3 Å². The van der Waals surface area contributed by atoms with Gasteiger partial charge in [-0.3, -0.25) is 0 Å². The first-order valence-corrected chi connectivity index (χ1v) is 9.24. The molecule has 4 nitrogen and oxygen atoms in total. The van der Waals surface area contributed by atoms with E-state index < -0.39 is 10.0 Å². The number of nitrogens with one attached hydrogen (secondary N) is 1. The van der Waals surface area contributed by atoms with E-state index >= 15 is 0 Å². The third kappa shape index (κ3) is 3.81. The summed E-state index contributed by atoms with van der Waals surface area (Å²) < 4.78 is 26.6. The van der Waals surface area contributed by atoms with Crippen LogP contribution in [0.25, 0.3) is 0 Å². The van der Waals surface area contributed by atoms with Gasteiger partial charge in [0.25, 0.3) is 0 Å². The summed E-state index contributed by atoms with van der Waals surface area (Å²) in [6.45, 7) is 0.459. The molecule has 1 aliphatic heterocycles. The van der Waals surface area contributed by atoms with Gasteiger partial charge in [-0.1, -0.05) is 0 Å². The van der Waals surface area contributed by atoms with E-state index in [1.807, 2.05) is 23.5 Å². The molecule has 1 atom stereocenters. The molecule has 0 saturated carbocycles. The Hall–Kier alpha value is -0.370. The van der Waals surface area contributed by atoms with Crippen LogP contribution in [-0.4, -0.2) is 42.6 Å². The Bertz CT molecular complexity index is 481. The molecular weight excluding hydrogens is 290 g/mol. The molecular formula is C11H15NO3S3. The van der Waals surface area contributed by atoms with Gasteiger partial charge in [0.05, 0.1) is 4.90 Å². The van der Waals surface area contributed by atoms with Gasteiger partial charge < -0.3 is 5.11 Å². The highest BCUT2D eigenvalue weighted by Gasteiger charge is 2.19. The Kier molecular flexibility index (Phi) is 4.83. The Morgan fingerprint density at radius 1 is 1.28 bits per heavy atom. The average molecular weight is 305 g/mol. The molecule has 1 aliphatic rings. The average Bonchev–Trinajstić information content (AvgIpc) is 2.38. The highest BCUT2D eigenvalue weighted by Crippen LogP contribution is 2.23. The third-order valence-corrected chi connectivity index (χ3v) is 6.82. The van der Waals surface area contributed by atoms with Crippen molar-refractivity contribution < 1.29 is 13.5 Å². The number of aromatic hydroxyl groups is 1. The summed E-state index contributed by atoms with van der Waals surface area (Å²) in [5.74, 6) is 3.28. The first-order valence-electron chi connectivity index (χ1n) is 5.56. The molecule has 1 saturated heterocycles. The lowest BCUT2D eigenvalue weighted by Crippen LogP contribution is -2.33. The van der Waals surface area contributed by atoms with Crippen LogP contribution in [0.1, 0.15) is 0 Å². The quantitative estimate of drug-likeness (QED) is 0.883. The molecule has 0 amide bonds. The Morgan fingerprint density at radius 3 is 2.61 bits per heavy atom. The van der Waals surface area contributed by atoms with Crippen LogP contribution in [0.2, 0.25) is 0 Å². The molecule has 100 valence electrons. The molecule has 0 bridgehead atoms. The van der Waals surface area contributed by atoms with Gasteiger partial charge in [-0.15, -0.1) is 0 Å². The van der Waals surface area contributed by atoms with E-state index in [1.54, 1.807) is 0 Å². The van der Waals surface area contributed by atoms with Gasteiger partial charge in [-0.05, 0) is 24.3 Å². The number of phenols is 1. The largest absolute Gasteiger partial charge is 0.508 e. The molecule has 1 unspecified atom stereocenters. The normalized spacial score (nSPS) is 20.8. The Balaban J connectivity index is 1.96. The third-order valence-electron chi connectivity index (χ3n) is 2.53. The molecule has 0 aliphatic carbocycles. The van der Waals surface area contributed by atoms with Crippen LogP contribution in [0.5, 0.6) is 5.75 Å². The number of phenolic OH excluding ortho intramolecular Hbond substituents is 1. The Labute approximate surface area is 116 Å². The molecule has 0 radical (unpaired) electrons. The SMILES string of the molecule is O=S(=O)(NCC1CSCCS1)c1ccc(O)cc1. The zero-order valence-corrected chi connectivity index (χ0v) is 12.2. The zero-order valence-electron chi connectivity index (χ0n) is 9.70. The second-order valence-electron chi connectivity index (χ2n) is 3.91. The van der Waals surface area contributed by atoms with Crippen molar-refractivity contribution in [2.75, 3.05) is 23.8 Å². The van der Waals surface area contributed by atoms with Crippen LogP contribution < -0.4 is 4.72 Å². The minimum atomic E-state index is -3.46. The van der Waals surface area contributed by atoms with E-state index in [4.69, 9.17) is 5.11 Å². The topological polar surface area (TPSA) is 66.4 Å². The summed E-state index contributed by atoms with van der Waals surface area (Å²) in [5.41, 5.74) is 0. The Morgan fingerprint density at radius 2 is 2.00 bits per heavy atom. The smallest absolute Gasteiger partial charge is 0.240 e. The summed E-state index contributed by atoms with van der Waals surface area (Å²) in [6.07, 6.45) is 0. The minimum absolute atomic E-state index is 0.0631. The molecule has 0 aromatic heterocycles. The molecule has 1 heterocycles. The van der Waals surface area contributed by atoms with Gasteiger partial charge in [0.1, 0.15) is 5.75 Å². The number of hydrogen-bond donors (Lipinski definition) is 2. The standard InChI is InChI=1S/C11H15NO3S3/c13-9-1-3-11(4-2-9)18(14,15)12-7-10-8-16-5-6-17-10/h1-4,10,12-13H,5-8H2. The monoisotopic (exact) mass is 305 g/mol. The van der Waals surface area contributed by atoms with Crippen molar-refractivity contribution in [2.45, 2.75) is 10.1 Å². The van der Waals surface area contributed by atoms with Gasteiger partial charge in [0, 0.05) is 29.1 Å². The van der Waals surface area contributed by atoms with Crippen molar-refractivity contribution in [2.24, 2.45) is 0 Å². The number of rotatable bonds is 4. The second-order valence-corrected chi connectivity index (χ2v) is 8.24. The number of benzene rings is 1. The lowest BCUT2D eigenvalue weighted by molar-refractivity contribution is 0.474. The summed E-state index contributed by atoms with van der Waals surface area (Å²) in [6, 6.07) is 5.56. The van der Waals surface area contributed by atoms with Gasteiger partial charge in [0.2, 0.25) is 10.0 Å². The molecule has 1 fully saturated rings. The predicted molar refractivity (Wildman–Crippen MR) is 76.9 cm³/mol. The van der Waals surface area contributed by atoms with Gasteiger partial charge in [-0.2, -0.15) is 23.5 Å². The van der Waals surface area contributed by atoms with Crippen LogP contribution in [-0.2, 0) is 10.0 Å². The molecule has 1 aromatic rings. The fourth-order valence-corrected chi connectivity index (χ4v) is 5.36. The van der Waals surface area contributed by atoms with E-state index in [9.17, 15) is 8.42 Å². The van der Waals surface area contributed by atoms with Crippen LogP contribution >= 0.6 is 23.5 Å². The predicted octanol–water partition coefficient (Wildman–Crippen LogP) is 1.52. The molecule has 0 spiro atoms. The molecule has 1 aromatic carbocycles. The van der Waals surface area contributed by atoms with Crippen molar-refractivity contribution in [3.63, 3.8) is 0 Å². The van der Waals surface area contributed by atoms with E-state index in [2.05, 4.69) is 4.72 Å². The van der Waals surface area contributed by atoms with Crippen molar-refractivity contribution in [1.82, 2.24) is 4.72 Å². The fraction of sp³-hybridized carbons (Fsp3) is 0.455. The number of hydrogen-bond acceptors (Lipinski definition) is 5. The minimum Gasteiger partial charge on any atom is -0.508 e. The van der Waals surface area contributed by atoms with Crippen molar-refractivity contribution in [3.8, 4) is 5.75 Å². The zero-order chi connectivity index (χ0) is 13.0. The maximum atomic E-state index is 12.0. The fourth-order valence-electron chi connectivity index (χ4n) is 1.57. The highest BCUT2D eigenvalue weighted by atomic mass is 32.2. The molecule has 2 rings (SSSR count). The molecule has 7 heteroatoms. The van der Waals surface area contributed by atoms with Crippen LogP contribution in [0.4, 0.5) is 0 Å². The van der Waals surface area contributed by atoms with Gasteiger partial charge in [-0.25, -0.2) is 13.1 Å². The van der Waals surface area contributed by atoms with Crippen LogP contribution in [0, 0.1) is 0 Å². The first-order chi connectivity index (χ1) is 8.58. The van der Waals surface area contributed by atoms with Crippen LogP contribution in [0.3, 0.4) is 0 Å².